The summed E-state index contributed by atoms with van der Waals surface area (Å²) < 4.78 is 12.5. The number of terminal acetylenes is 1. The summed E-state index contributed by atoms with van der Waals surface area (Å²) in [6.07, 6.45) is 5.16. The molecule has 0 aromatic heterocycles. The lowest BCUT2D eigenvalue weighted by molar-refractivity contribution is 0.369. The lowest BCUT2D eigenvalue weighted by Gasteiger charge is -2.12. The van der Waals surface area contributed by atoms with Crippen molar-refractivity contribution in [2.45, 2.75) is 6.54 Å². The van der Waals surface area contributed by atoms with E-state index in [0.717, 1.165) is 12.1 Å². The van der Waals surface area contributed by atoms with Gasteiger partial charge in [0.15, 0.2) is 0 Å². The number of nitrogens with zero attached hydrogens (tertiary/aromatic N) is 1. The lowest BCUT2D eigenvalue weighted by Crippen LogP contribution is -2.17. The van der Waals surface area contributed by atoms with Crippen LogP contribution in [-0.2, 0) is 6.54 Å². The Morgan fingerprint density at radius 2 is 2.00 bits per heavy atom. The number of halogens is 1. The van der Waals surface area contributed by atoms with Gasteiger partial charge >= 0.3 is 0 Å². The van der Waals surface area contributed by atoms with Gasteiger partial charge in [-0.1, -0.05) is 18.1 Å². The highest BCUT2D eigenvalue weighted by Crippen LogP contribution is 2.04. The SMILES string of the molecule is C#CCN(C)Cc1ccc(F)cc1. The second-order valence-electron chi connectivity index (χ2n) is 3.00. The van der Waals surface area contributed by atoms with Crippen molar-refractivity contribution >= 4 is 0 Å². The molecule has 0 N–H and O–H groups in total. The van der Waals surface area contributed by atoms with E-state index in [1.54, 1.807) is 12.1 Å². The standard InChI is InChI=1S/C11H12FN/c1-3-8-13(2)9-10-4-6-11(12)7-5-10/h1,4-7H,8-9H2,2H3. The maximum Gasteiger partial charge on any atom is 0.123 e. The van der Waals surface area contributed by atoms with Crippen molar-refractivity contribution in [3.63, 3.8) is 0 Å². The maximum absolute atomic E-state index is 12.5. The lowest BCUT2D eigenvalue weighted by atomic mass is 10.2. The van der Waals surface area contributed by atoms with E-state index in [1.165, 1.54) is 12.1 Å². The molecule has 0 saturated carbocycles. The van der Waals surface area contributed by atoms with Crippen LogP contribution in [-0.4, -0.2) is 18.5 Å². The molecule has 0 spiro atoms. The molecule has 0 heterocycles. The molecule has 0 aliphatic carbocycles. The summed E-state index contributed by atoms with van der Waals surface area (Å²) in [6.45, 7) is 1.36. The second-order valence-corrected chi connectivity index (χ2v) is 3.00. The summed E-state index contributed by atoms with van der Waals surface area (Å²) in [6, 6.07) is 6.45. The smallest absolute Gasteiger partial charge is 0.123 e. The van der Waals surface area contributed by atoms with Crippen molar-refractivity contribution in [2.75, 3.05) is 13.6 Å². The van der Waals surface area contributed by atoms with Crippen LogP contribution in [0.2, 0.25) is 0 Å². The van der Waals surface area contributed by atoms with Gasteiger partial charge in [-0.2, -0.15) is 0 Å². The first kappa shape index (κ1) is 9.76. The Morgan fingerprint density at radius 1 is 1.38 bits per heavy atom. The van der Waals surface area contributed by atoms with Crippen LogP contribution in [0.25, 0.3) is 0 Å². The quantitative estimate of drug-likeness (QED) is 0.637. The molecule has 0 saturated heterocycles. The third kappa shape index (κ3) is 3.27. The van der Waals surface area contributed by atoms with Crippen LogP contribution in [0.5, 0.6) is 0 Å². The summed E-state index contributed by atoms with van der Waals surface area (Å²) in [5.74, 6) is 2.35. The van der Waals surface area contributed by atoms with E-state index < -0.39 is 0 Å². The zero-order chi connectivity index (χ0) is 9.68. The zero-order valence-corrected chi connectivity index (χ0v) is 7.63. The molecule has 1 nitrogen and oxygen atoms in total. The highest BCUT2D eigenvalue weighted by Gasteiger charge is 1.97. The minimum Gasteiger partial charge on any atom is -0.291 e. The molecule has 0 bridgehead atoms. The average Bonchev–Trinajstić information content (AvgIpc) is 2.09. The Bertz CT molecular complexity index is 297. The maximum atomic E-state index is 12.5. The molecule has 13 heavy (non-hydrogen) atoms. The first-order valence-corrected chi connectivity index (χ1v) is 4.09. The Hall–Kier alpha value is -1.33. The summed E-state index contributed by atoms with van der Waals surface area (Å²) in [5, 5.41) is 0. The van der Waals surface area contributed by atoms with Crippen molar-refractivity contribution < 1.29 is 4.39 Å². The van der Waals surface area contributed by atoms with Crippen LogP contribution < -0.4 is 0 Å². The fraction of sp³-hybridized carbons (Fsp3) is 0.273. The molecule has 0 radical (unpaired) electrons. The molecular formula is C11H12FN. The summed E-state index contributed by atoms with van der Waals surface area (Å²) in [7, 11) is 1.93. The van der Waals surface area contributed by atoms with Gasteiger partial charge in [-0.3, -0.25) is 4.90 Å². The van der Waals surface area contributed by atoms with Gasteiger partial charge in [0.1, 0.15) is 5.82 Å². The van der Waals surface area contributed by atoms with E-state index in [0.29, 0.717) is 6.54 Å². The second kappa shape index (κ2) is 4.64. The van der Waals surface area contributed by atoms with E-state index in [4.69, 9.17) is 6.42 Å². The van der Waals surface area contributed by atoms with Gasteiger partial charge in [-0.05, 0) is 24.7 Å². The van der Waals surface area contributed by atoms with Crippen LogP contribution in [0.3, 0.4) is 0 Å². The number of benzene rings is 1. The molecule has 0 atom stereocenters. The van der Waals surface area contributed by atoms with E-state index in [-0.39, 0.29) is 5.82 Å². The molecule has 2 heteroatoms. The minimum atomic E-state index is -0.205. The molecule has 1 aromatic carbocycles. The van der Waals surface area contributed by atoms with Crippen molar-refractivity contribution in [1.29, 1.82) is 0 Å². The van der Waals surface area contributed by atoms with Gasteiger partial charge < -0.3 is 0 Å². The summed E-state index contributed by atoms with van der Waals surface area (Å²) in [5.41, 5.74) is 1.07. The number of rotatable bonds is 3. The third-order valence-corrected chi connectivity index (χ3v) is 1.73. The normalized spacial score (nSPS) is 10.0. The fourth-order valence-corrected chi connectivity index (χ4v) is 1.11. The monoisotopic (exact) mass is 177 g/mol. The Labute approximate surface area is 78.2 Å². The summed E-state index contributed by atoms with van der Waals surface area (Å²) >= 11 is 0. The number of hydrogen-bond donors (Lipinski definition) is 0. The van der Waals surface area contributed by atoms with Crippen LogP contribution in [0, 0.1) is 18.2 Å². The van der Waals surface area contributed by atoms with Gasteiger partial charge in [0.05, 0.1) is 6.54 Å². The van der Waals surface area contributed by atoms with Gasteiger partial charge in [0.25, 0.3) is 0 Å². The van der Waals surface area contributed by atoms with Crippen LogP contribution in [0.4, 0.5) is 4.39 Å². The van der Waals surface area contributed by atoms with Gasteiger partial charge in [-0.25, -0.2) is 4.39 Å². The van der Waals surface area contributed by atoms with Crippen LogP contribution in [0.1, 0.15) is 5.56 Å². The molecule has 0 unspecified atom stereocenters. The molecule has 0 fully saturated rings. The highest BCUT2D eigenvalue weighted by molar-refractivity contribution is 5.15. The Kier molecular flexibility index (Phi) is 3.48. The van der Waals surface area contributed by atoms with Crippen molar-refractivity contribution in [1.82, 2.24) is 4.90 Å². The van der Waals surface area contributed by atoms with E-state index in [9.17, 15) is 4.39 Å². The Balaban J connectivity index is 2.55. The van der Waals surface area contributed by atoms with E-state index in [2.05, 4.69) is 5.92 Å². The van der Waals surface area contributed by atoms with Crippen molar-refractivity contribution in [2.24, 2.45) is 0 Å². The van der Waals surface area contributed by atoms with Crippen molar-refractivity contribution in [3.8, 4) is 12.3 Å². The molecule has 0 amide bonds. The van der Waals surface area contributed by atoms with Crippen LogP contribution in [0.15, 0.2) is 24.3 Å². The number of hydrogen-bond acceptors (Lipinski definition) is 1. The van der Waals surface area contributed by atoms with E-state index >= 15 is 0 Å². The minimum absolute atomic E-state index is 0.205. The van der Waals surface area contributed by atoms with E-state index in [1.807, 2.05) is 11.9 Å². The predicted molar refractivity (Wildman–Crippen MR) is 51.6 cm³/mol. The average molecular weight is 177 g/mol. The van der Waals surface area contributed by atoms with Gasteiger partial charge in [-0.15, -0.1) is 6.42 Å². The fourth-order valence-electron chi connectivity index (χ4n) is 1.11. The molecule has 68 valence electrons. The molecule has 0 aliphatic heterocycles. The molecule has 1 rings (SSSR count). The molecule has 0 aliphatic rings. The predicted octanol–water partition coefficient (Wildman–Crippen LogP) is 1.89. The van der Waals surface area contributed by atoms with Crippen LogP contribution >= 0.6 is 0 Å². The first-order valence-electron chi connectivity index (χ1n) is 4.09. The van der Waals surface area contributed by atoms with Gasteiger partial charge in [0, 0.05) is 6.54 Å². The van der Waals surface area contributed by atoms with Crippen molar-refractivity contribution in [3.05, 3.63) is 35.6 Å². The first-order chi connectivity index (χ1) is 6.22. The largest absolute Gasteiger partial charge is 0.291 e. The topological polar surface area (TPSA) is 3.24 Å². The molecule has 1 aromatic rings. The third-order valence-electron chi connectivity index (χ3n) is 1.73. The molecular weight excluding hydrogens is 165 g/mol. The Morgan fingerprint density at radius 3 is 2.54 bits per heavy atom. The highest BCUT2D eigenvalue weighted by atomic mass is 19.1. The summed E-state index contributed by atoms with van der Waals surface area (Å²) in [4.78, 5) is 1.99. The zero-order valence-electron chi connectivity index (χ0n) is 7.63. The van der Waals surface area contributed by atoms with Gasteiger partial charge in [0.2, 0.25) is 0 Å².